The van der Waals surface area contributed by atoms with Crippen LogP contribution in [0.3, 0.4) is 0 Å². The van der Waals surface area contributed by atoms with Crippen molar-refractivity contribution in [1.82, 2.24) is 10.3 Å². The van der Waals surface area contributed by atoms with Gasteiger partial charge in [-0.2, -0.15) is 0 Å². The summed E-state index contributed by atoms with van der Waals surface area (Å²) in [4.78, 5) is 15.6. The number of fused-ring (bicyclic) bond motifs is 1. The molecular weight excluding hydrogens is 360 g/mol. The first-order valence-corrected chi connectivity index (χ1v) is 10.1. The summed E-state index contributed by atoms with van der Waals surface area (Å²) in [5, 5.41) is 13.0. The number of pyridine rings is 1. The van der Waals surface area contributed by atoms with Crippen molar-refractivity contribution in [2.75, 3.05) is 6.54 Å². The number of benzene rings is 2. The van der Waals surface area contributed by atoms with E-state index in [0.717, 1.165) is 24.9 Å². The van der Waals surface area contributed by atoms with Crippen molar-refractivity contribution >= 4 is 5.97 Å². The molecule has 4 nitrogen and oxygen atoms in total. The number of nitrogens with one attached hydrogen (secondary N) is 1. The Hall–Kier alpha value is -2.98. The molecule has 0 saturated heterocycles. The molecular formula is C25H26N2O2. The van der Waals surface area contributed by atoms with E-state index < -0.39 is 5.97 Å². The average Bonchev–Trinajstić information content (AvgIpc) is 2.72. The number of rotatable bonds is 5. The predicted molar refractivity (Wildman–Crippen MR) is 115 cm³/mol. The van der Waals surface area contributed by atoms with Crippen molar-refractivity contribution in [3.63, 3.8) is 0 Å². The molecule has 4 heteroatoms. The molecule has 0 aliphatic carbocycles. The van der Waals surface area contributed by atoms with E-state index in [2.05, 4.69) is 60.5 Å². The number of carboxylic acid groups (broad SMARTS) is 1. The third-order valence-corrected chi connectivity index (χ3v) is 5.91. The lowest BCUT2D eigenvalue weighted by Crippen LogP contribution is -2.30. The maximum absolute atomic E-state index is 11.5. The number of carbonyl (C=O) groups is 1. The fraction of sp³-hybridized carbons (Fsp3) is 0.280. The largest absolute Gasteiger partial charge is 0.478 e. The highest BCUT2D eigenvalue weighted by Crippen LogP contribution is 2.33. The maximum Gasteiger partial charge on any atom is 0.336 e. The minimum Gasteiger partial charge on any atom is -0.478 e. The van der Waals surface area contributed by atoms with Gasteiger partial charge in [-0.25, -0.2) is 4.79 Å². The molecule has 2 aromatic carbocycles. The van der Waals surface area contributed by atoms with Gasteiger partial charge in [0.05, 0.1) is 5.56 Å². The molecule has 29 heavy (non-hydrogen) atoms. The van der Waals surface area contributed by atoms with Crippen LogP contribution in [0.1, 0.15) is 50.6 Å². The lowest BCUT2D eigenvalue weighted by molar-refractivity contribution is 0.0695. The molecule has 0 unspecified atom stereocenters. The van der Waals surface area contributed by atoms with Crippen molar-refractivity contribution in [1.29, 1.82) is 0 Å². The molecule has 1 aliphatic heterocycles. The molecule has 0 amide bonds. The van der Waals surface area contributed by atoms with E-state index in [1.165, 1.54) is 39.6 Å². The second-order valence-corrected chi connectivity index (χ2v) is 7.81. The van der Waals surface area contributed by atoms with E-state index in [-0.39, 0.29) is 6.04 Å². The Morgan fingerprint density at radius 2 is 1.97 bits per heavy atom. The second kappa shape index (κ2) is 8.18. The molecule has 0 radical (unpaired) electrons. The van der Waals surface area contributed by atoms with Crippen molar-refractivity contribution in [3.8, 4) is 11.1 Å². The summed E-state index contributed by atoms with van der Waals surface area (Å²) in [5.74, 6) is -0.891. The lowest BCUT2D eigenvalue weighted by Gasteiger charge is -2.28. The van der Waals surface area contributed by atoms with Crippen LogP contribution in [0.2, 0.25) is 0 Å². The van der Waals surface area contributed by atoms with E-state index in [1.807, 2.05) is 0 Å². The van der Waals surface area contributed by atoms with Crippen LogP contribution in [0.25, 0.3) is 11.1 Å². The summed E-state index contributed by atoms with van der Waals surface area (Å²) >= 11 is 0. The minimum absolute atomic E-state index is 0.229. The molecule has 1 atom stereocenters. The van der Waals surface area contributed by atoms with Crippen molar-refractivity contribution in [2.24, 2.45) is 0 Å². The first-order chi connectivity index (χ1) is 14.0. The van der Waals surface area contributed by atoms with Gasteiger partial charge in [0.25, 0.3) is 0 Å². The Labute approximate surface area is 171 Å². The number of aryl methyl sites for hydroxylation is 3. The summed E-state index contributed by atoms with van der Waals surface area (Å²) in [6.45, 7) is 5.27. The van der Waals surface area contributed by atoms with Gasteiger partial charge >= 0.3 is 5.97 Å². The van der Waals surface area contributed by atoms with Crippen LogP contribution in [0.4, 0.5) is 0 Å². The van der Waals surface area contributed by atoms with E-state index in [1.54, 1.807) is 12.3 Å². The third-order valence-electron chi connectivity index (χ3n) is 5.91. The Balaban J connectivity index is 1.59. The molecule has 148 valence electrons. The molecule has 0 fully saturated rings. The molecule has 2 heterocycles. The Kier molecular flexibility index (Phi) is 5.45. The molecule has 0 saturated carbocycles. The Morgan fingerprint density at radius 3 is 2.72 bits per heavy atom. The number of carboxylic acids is 1. The molecule has 1 aromatic heterocycles. The molecule has 4 rings (SSSR count). The number of hydrogen-bond acceptors (Lipinski definition) is 3. The zero-order valence-corrected chi connectivity index (χ0v) is 16.9. The Morgan fingerprint density at radius 1 is 1.17 bits per heavy atom. The van der Waals surface area contributed by atoms with Gasteiger partial charge in [0.1, 0.15) is 0 Å². The summed E-state index contributed by atoms with van der Waals surface area (Å²) in [6.07, 6.45) is 5.76. The van der Waals surface area contributed by atoms with Gasteiger partial charge in [-0.1, -0.05) is 36.4 Å². The smallest absolute Gasteiger partial charge is 0.336 e. The SMILES string of the molecule is Cc1cccc(C)c1-c1ccc2c(c1)CCN[C@H]2CCc1cnccc1C(=O)O. The zero-order valence-electron chi connectivity index (χ0n) is 16.9. The number of hydrogen-bond donors (Lipinski definition) is 2. The molecule has 0 spiro atoms. The van der Waals surface area contributed by atoms with Gasteiger partial charge in [-0.15, -0.1) is 0 Å². The van der Waals surface area contributed by atoms with Crippen LogP contribution in [0.5, 0.6) is 0 Å². The van der Waals surface area contributed by atoms with E-state index in [4.69, 9.17) is 0 Å². The second-order valence-electron chi connectivity index (χ2n) is 7.81. The average molecular weight is 386 g/mol. The summed E-state index contributed by atoms with van der Waals surface area (Å²) in [5.41, 5.74) is 9.06. The van der Waals surface area contributed by atoms with Crippen molar-refractivity contribution in [2.45, 2.75) is 39.2 Å². The van der Waals surface area contributed by atoms with Crippen LogP contribution in [0.15, 0.2) is 54.9 Å². The fourth-order valence-electron chi connectivity index (χ4n) is 4.47. The van der Waals surface area contributed by atoms with Gasteiger partial charge < -0.3 is 10.4 Å². The Bertz CT molecular complexity index is 1040. The summed E-state index contributed by atoms with van der Waals surface area (Å²) in [7, 11) is 0. The summed E-state index contributed by atoms with van der Waals surface area (Å²) in [6, 6.07) is 15.1. The molecule has 3 aromatic rings. The van der Waals surface area contributed by atoms with Crippen LogP contribution in [0, 0.1) is 13.8 Å². The van der Waals surface area contributed by atoms with Gasteiger partial charge in [-0.05, 0) is 84.7 Å². The monoisotopic (exact) mass is 386 g/mol. The number of aromatic nitrogens is 1. The highest BCUT2D eigenvalue weighted by molar-refractivity contribution is 5.89. The highest BCUT2D eigenvalue weighted by Gasteiger charge is 2.21. The van der Waals surface area contributed by atoms with Gasteiger partial charge in [0.2, 0.25) is 0 Å². The zero-order chi connectivity index (χ0) is 20.4. The van der Waals surface area contributed by atoms with Gasteiger partial charge in [0, 0.05) is 18.4 Å². The van der Waals surface area contributed by atoms with Crippen LogP contribution >= 0.6 is 0 Å². The molecule has 2 N–H and O–H groups in total. The van der Waals surface area contributed by atoms with E-state index in [9.17, 15) is 9.90 Å². The predicted octanol–water partition coefficient (Wildman–Crippen LogP) is 4.88. The molecule has 1 aliphatic rings. The summed E-state index contributed by atoms with van der Waals surface area (Å²) < 4.78 is 0. The first kappa shape index (κ1) is 19.3. The van der Waals surface area contributed by atoms with Crippen LogP contribution < -0.4 is 5.32 Å². The van der Waals surface area contributed by atoms with Gasteiger partial charge in [-0.3, -0.25) is 4.98 Å². The molecule has 0 bridgehead atoms. The first-order valence-electron chi connectivity index (χ1n) is 10.1. The third kappa shape index (κ3) is 3.94. The van der Waals surface area contributed by atoms with Crippen LogP contribution in [-0.4, -0.2) is 22.6 Å². The van der Waals surface area contributed by atoms with Crippen LogP contribution in [-0.2, 0) is 12.8 Å². The van der Waals surface area contributed by atoms with Gasteiger partial charge in [0.15, 0.2) is 0 Å². The fourth-order valence-corrected chi connectivity index (χ4v) is 4.47. The standard InChI is InChI=1S/C25H26N2O2/c1-16-4-3-5-17(2)24(16)19-6-8-21-18(14-19)10-13-27-23(21)9-7-20-15-26-12-11-22(20)25(28)29/h3-6,8,11-12,14-15,23,27H,7,9-10,13H2,1-2H3,(H,28,29)/t23-/m0/s1. The van der Waals surface area contributed by atoms with E-state index in [0.29, 0.717) is 12.0 Å². The van der Waals surface area contributed by atoms with Crippen molar-refractivity contribution < 1.29 is 9.90 Å². The van der Waals surface area contributed by atoms with E-state index >= 15 is 0 Å². The minimum atomic E-state index is -0.891. The normalized spacial score (nSPS) is 15.7. The maximum atomic E-state index is 11.5. The topological polar surface area (TPSA) is 62.2 Å². The lowest BCUT2D eigenvalue weighted by atomic mass is 9.86. The number of nitrogens with zero attached hydrogens (tertiary/aromatic N) is 1. The number of aromatic carboxylic acids is 1. The quantitative estimate of drug-likeness (QED) is 0.656. The van der Waals surface area contributed by atoms with Crippen molar-refractivity contribution in [3.05, 3.63) is 88.2 Å². The highest BCUT2D eigenvalue weighted by atomic mass is 16.4.